The predicted octanol–water partition coefficient (Wildman–Crippen LogP) is 1.50. The Labute approximate surface area is 132 Å². The van der Waals surface area contributed by atoms with Crippen molar-refractivity contribution in [3.05, 3.63) is 34.9 Å². The largest absolute Gasteiger partial charge is 0.392 e. The van der Waals surface area contributed by atoms with Gasteiger partial charge in [-0.05, 0) is 39.2 Å². The molecule has 0 radical (unpaired) electrons. The molecule has 1 aliphatic rings. The van der Waals surface area contributed by atoms with E-state index in [1.165, 1.54) is 16.7 Å². The van der Waals surface area contributed by atoms with Gasteiger partial charge in [-0.2, -0.15) is 0 Å². The number of carbonyl (C=O) groups is 1. The number of benzene rings is 1. The van der Waals surface area contributed by atoms with Crippen LogP contribution in [0.2, 0.25) is 0 Å². The van der Waals surface area contributed by atoms with E-state index >= 15 is 0 Å². The molecule has 3 N–H and O–H groups in total. The van der Waals surface area contributed by atoms with Gasteiger partial charge in [-0.25, -0.2) is 0 Å². The van der Waals surface area contributed by atoms with Crippen LogP contribution in [0.4, 0.5) is 0 Å². The zero-order valence-corrected chi connectivity index (χ0v) is 13.7. The average molecular weight is 313 g/mol. The van der Waals surface area contributed by atoms with Crippen molar-refractivity contribution in [3.8, 4) is 0 Å². The number of β-amino-alcohol motifs (C(OH)–C–C–N with tert-alkyl or cyclic N) is 1. The Kier molecular flexibility index (Phi) is 6.65. The Morgan fingerprint density at radius 2 is 2.00 bits per heavy atom. The number of aliphatic hydroxyl groups is 1. The van der Waals surface area contributed by atoms with E-state index in [2.05, 4.69) is 42.7 Å². The smallest absolute Gasteiger partial charge is 0.237 e. The van der Waals surface area contributed by atoms with Gasteiger partial charge in [0.1, 0.15) is 0 Å². The van der Waals surface area contributed by atoms with E-state index in [1.807, 2.05) is 6.92 Å². The van der Waals surface area contributed by atoms with E-state index in [1.54, 1.807) is 0 Å². The van der Waals surface area contributed by atoms with Crippen molar-refractivity contribution in [1.29, 1.82) is 0 Å². The van der Waals surface area contributed by atoms with Crippen molar-refractivity contribution >= 4 is 18.3 Å². The summed E-state index contributed by atoms with van der Waals surface area (Å²) in [5.41, 5.74) is 3.74. The van der Waals surface area contributed by atoms with Crippen molar-refractivity contribution in [1.82, 2.24) is 10.6 Å². The Morgan fingerprint density at radius 1 is 1.38 bits per heavy atom. The van der Waals surface area contributed by atoms with Crippen molar-refractivity contribution in [3.63, 3.8) is 0 Å². The average Bonchev–Trinajstić information content (AvgIpc) is 2.74. The molecule has 3 atom stereocenters. The normalized spacial score (nSPS) is 22.5. The second-order valence-electron chi connectivity index (χ2n) is 5.96. The van der Waals surface area contributed by atoms with Gasteiger partial charge < -0.3 is 15.7 Å². The molecule has 3 unspecified atom stereocenters. The molecule has 118 valence electrons. The first-order chi connectivity index (χ1) is 9.44. The Balaban J connectivity index is 0.00000220. The highest BCUT2D eigenvalue weighted by Gasteiger charge is 2.28. The van der Waals surface area contributed by atoms with Gasteiger partial charge in [0.2, 0.25) is 5.91 Å². The first-order valence-corrected chi connectivity index (χ1v) is 7.23. The van der Waals surface area contributed by atoms with Gasteiger partial charge >= 0.3 is 0 Å². The lowest BCUT2D eigenvalue weighted by Gasteiger charge is -2.18. The zero-order valence-electron chi connectivity index (χ0n) is 12.8. The van der Waals surface area contributed by atoms with Gasteiger partial charge in [0.05, 0.1) is 12.1 Å². The number of hydrogen-bond donors (Lipinski definition) is 3. The van der Waals surface area contributed by atoms with Crippen molar-refractivity contribution in [2.24, 2.45) is 0 Å². The highest BCUT2D eigenvalue weighted by Crippen LogP contribution is 2.12. The van der Waals surface area contributed by atoms with Crippen LogP contribution in [0.1, 0.15) is 30.0 Å². The third kappa shape index (κ3) is 5.30. The molecule has 0 aliphatic carbocycles. The lowest BCUT2D eigenvalue weighted by Crippen LogP contribution is -2.44. The summed E-state index contributed by atoms with van der Waals surface area (Å²) in [6.45, 7) is 6.69. The molecule has 0 bridgehead atoms. The molecule has 1 amide bonds. The van der Waals surface area contributed by atoms with Crippen molar-refractivity contribution < 1.29 is 9.90 Å². The molecule has 1 heterocycles. The van der Waals surface area contributed by atoms with Crippen LogP contribution in [0.3, 0.4) is 0 Å². The molecule has 0 aromatic heterocycles. The minimum atomic E-state index is -0.402. The van der Waals surface area contributed by atoms with Crippen LogP contribution >= 0.6 is 12.4 Å². The number of amides is 1. The van der Waals surface area contributed by atoms with Crippen LogP contribution in [0.25, 0.3) is 0 Å². The summed E-state index contributed by atoms with van der Waals surface area (Å²) in [6, 6.07) is 6.30. The second kappa shape index (κ2) is 7.78. The molecule has 1 aromatic carbocycles. The van der Waals surface area contributed by atoms with E-state index in [9.17, 15) is 9.90 Å². The third-order valence-electron chi connectivity index (χ3n) is 3.64. The molecule has 1 aromatic rings. The maximum atomic E-state index is 12.0. The molecule has 4 nitrogen and oxygen atoms in total. The summed E-state index contributed by atoms with van der Waals surface area (Å²) in [6.07, 6.45) is 0.923. The van der Waals surface area contributed by atoms with Crippen molar-refractivity contribution in [2.75, 3.05) is 6.54 Å². The number of halogens is 1. The summed E-state index contributed by atoms with van der Waals surface area (Å²) in [5, 5.41) is 15.5. The first kappa shape index (κ1) is 18.0. The third-order valence-corrected chi connectivity index (χ3v) is 3.64. The van der Waals surface area contributed by atoms with Crippen LogP contribution in [0, 0.1) is 13.8 Å². The number of aryl methyl sites for hydroxylation is 2. The molecule has 0 saturated carbocycles. The summed E-state index contributed by atoms with van der Waals surface area (Å²) >= 11 is 0. The maximum Gasteiger partial charge on any atom is 0.237 e. The Morgan fingerprint density at radius 3 is 2.52 bits per heavy atom. The van der Waals surface area contributed by atoms with Gasteiger partial charge in [-0.15, -0.1) is 12.4 Å². The van der Waals surface area contributed by atoms with Crippen molar-refractivity contribution in [2.45, 2.75) is 51.8 Å². The van der Waals surface area contributed by atoms with Gasteiger partial charge in [-0.3, -0.25) is 4.79 Å². The van der Waals surface area contributed by atoms with Gasteiger partial charge in [-0.1, -0.05) is 29.3 Å². The molecule has 1 aliphatic heterocycles. The summed E-state index contributed by atoms with van der Waals surface area (Å²) < 4.78 is 0. The van der Waals surface area contributed by atoms with Gasteiger partial charge in [0, 0.05) is 12.6 Å². The number of carbonyl (C=O) groups excluding carboxylic acids is 1. The van der Waals surface area contributed by atoms with Crippen LogP contribution in [-0.4, -0.2) is 35.7 Å². The lowest BCUT2D eigenvalue weighted by atomic mass is 10.0. The monoisotopic (exact) mass is 312 g/mol. The number of hydrogen-bond acceptors (Lipinski definition) is 3. The van der Waals surface area contributed by atoms with Crippen LogP contribution < -0.4 is 10.6 Å². The predicted molar refractivity (Wildman–Crippen MR) is 86.9 cm³/mol. The van der Waals surface area contributed by atoms with Gasteiger partial charge in [0.15, 0.2) is 0 Å². The minimum absolute atomic E-state index is 0. The molecular formula is C16H25ClN2O2. The minimum Gasteiger partial charge on any atom is -0.392 e. The molecular weight excluding hydrogens is 288 g/mol. The zero-order chi connectivity index (χ0) is 14.7. The fraction of sp³-hybridized carbons (Fsp3) is 0.562. The molecule has 0 spiro atoms. The van der Waals surface area contributed by atoms with E-state index in [4.69, 9.17) is 0 Å². The number of rotatable bonds is 4. The van der Waals surface area contributed by atoms with E-state index < -0.39 is 6.10 Å². The van der Waals surface area contributed by atoms with Crippen LogP contribution in [0.15, 0.2) is 18.2 Å². The van der Waals surface area contributed by atoms with Crippen LogP contribution in [0.5, 0.6) is 0 Å². The van der Waals surface area contributed by atoms with E-state index in [-0.39, 0.29) is 30.4 Å². The second-order valence-corrected chi connectivity index (χ2v) is 5.96. The van der Waals surface area contributed by atoms with Crippen LogP contribution in [-0.2, 0) is 11.2 Å². The molecule has 1 saturated heterocycles. The summed E-state index contributed by atoms with van der Waals surface area (Å²) in [5.74, 6) is -0.0153. The number of nitrogens with one attached hydrogen (secondary N) is 2. The first-order valence-electron chi connectivity index (χ1n) is 7.23. The van der Waals surface area contributed by atoms with E-state index in [0.717, 1.165) is 6.42 Å². The topological polar surface area (TPSA) is 61.4 Å². The fourth-order valence-corrected chi connectivity index (χ4v) is 2.85. The SMILES string of the molecule is Cc1cc(C)cc(CC(C)NC(=O)C2CC(O)CN2)c1.Cl. The molecule has 2 rings (SSSR count). The quantitative estimate of drug-likeness (QED) is 0.789. The van der Waals surface area contributed by atoms with Gasteiger partial charge in [0.25, 0.3) is 0 Å². The summed E-state index contributed by atoms with van der Waals surface area (Å²) in [7, 11) is 0. The Hall–Kier alpha value is -1.10. The lowest BCUT2D eigenvalue weighted by molar-refractivity contribution is -0.123. The number of aliphatic hydroxyl groups excluding tert-OH is 1. The highest BCUT2D eigenvalue weighted by molar-refractivity contribution is 5.85. The molecule has 21 heavy (non-hydrogen) atoms. The molecule has 5 heteroatoms. The van der Waals surface area contributed by atoms with E-state index in [0.29, 0.717) is 13.0 Å². The highest BCUT2D eigenvalue weighted by atomic mass is 35.5. The fourth-order valence-electron chi connectivity index (χ4n) is 2.85. The maximum absolute atomic E-state index is 12.0. The standard InChI is InChI=1S/C16H24N2O2.ClH/c1-10-4-11(2)6-13(5-10)7-12(3)18-16(20)15-8-14(19)9-17-15;/h4-6,12,14-15,17,19H,7-9H2,1-3H3,(H,18,20);1H. The Bertz CT molecular complexity index is 473. The summed E-state index contributed by atoms with van der Waals surface area (Å²) in [4.78, 5) is 12.0. The molecule has 1 fully saturated rings.